The molecule has 1 aromatic carbocycles. The lowest BCUT2D eigenvalue weighted by Gasteiger charge is -2.06. The minimum Gasteiger partial charge on any atom is -0.307 e. The standard InChI is InChI=1S/C13H12BrNOS2/c1-2-3-8-4-5-10(14)6-9(8)7-11-12(16)15-13(17)18-11/h4-7H,2-3H2,1H3,(H,15,16,17). The van der Waals surface area contributed by atoms with Gasteiger partial charge in [0.15, 0.2) is 0 Å². The summed E-state index contributed by atoms with van der Waals surface area (Å²) in [7, 11) is 0. The molecular formula is C13H12BrNOS2. The van der Waals surface area contributed by atoms with E-state index in [0.717, 1.165) is 22.9 Å². The average molecular weight is 342 g/mol. The van der Waals surface area contributed by atoms with E-state index in [0.29, 0.717) is 9.23 Å². The molecule has 5 heteroatoms. The summed E-state index contributed by atoms with van der Waals surface area (Å²) < 4.78 is 1.54. The molecule has 0 spiro atoms. The summed E-state index contributed by atoms with van der Waals surface area (Å²) in [6.45, 7) is 2.14. The Morgan fingerprint density at radius 2 is 2.28 bits per heavy atom. The Kier molecular flexibility index (Phi) is 4.59. The van der Waals surface area contributed by atoms with Gasteiger partial charge in [-0.1, -0.05) is 59.3 Å². The highest BCUT2D eigenvalue weighted by Crippen LogP contribution is 2.28. The Labute approximate surface area is 124 Å². The van der Waals surface area contributed by atoms with Gasteiger partial charge in [-0.25, -0.2) is 0 Å². The fraction of sp³-hybridized carbons (Fsp3) is 0.231. The predicted molar refractivity (Wildman–Crippen MR) is 84.4 cm³/mol. The summed E-state index contributed by atoms with van der Waals surface area (Å²) in [5.74, 6) is -0.104. The molecule has 1 aliphatic heterocycles. The Hall–Kier alpha value is -0.650. The van der Waals surface area contributed by atoms with Gasteiger partial charge in [0.05, 0.1) is 4.91 Å². The third kappa shape index (κ3) is 3.22. The van der Waals surface area contributed by atoms with E-state index in [1.165, 1.54) is 17.3 Å². The van der Waals surface area contributed by atoms with Gasteiger partial charge >= 0.3 is 0 Å². The fourth-order valence-electron chi connectivity index (χ4n) is 1.76. The van der Waals surface area contributed by atoms with E-state index in [1.54, 1.807) is 0 Å². The number of thiocarbonyl (C=S) groups is 1. The van der Waals surface area contributed by atoms with E-state index in [9.17, 15) is 4.79 Å². The quantitative estimate of drug-likeness (QED) is 0.667. The Morgan fingerprint density at radius 1 is 1.50 bits per heavy atom. The molecule has 1 amide bonds. The van der Waals surface area contributed by atoms with Gasteiger partial charge in [-0.2, -0.15) is 0 Å². The van der Waals surface area contributed by atoms with Gasteiger partial charge < -0.3 is 5.32 Å². The van der Waals surface area contributed by atoms with Crippen molar-refractivity contribution in [1.82, 2.24) is 5.32 Å². The zero-order chi connectivity index (χ0) is 13.1. The first-order valence-electron chi connectivity index (χ1n) is 5.63. The molecule has 1 saturated heterocycles. The van der Waals surface area contributed by atoms with Crippen LogP contribution in [0.15, 0.2) is 27.6 Å². The maximum Gasteiger partial charge on any atom is 0.263 e. The Morgan fingerprint density at radius 3 is 2.89 bits per heavy atom. The second kappa shape index (κ2) is 5.99. The lowest BCUT2D eigenvalue weighted by atomic mass is 10.0. The van der Waals surface area contributed by atoms with Crippen LogP contribution in [0.1, 0.15) is 24.5 Å². The van der Waals surface area contributed by atoms with Crippen molar-refractivity contribution in [3.8, 4) is 0 Å². The van der Waals surface area contributed by atoms with Crippen LogP contribution in [0.5, 0.6) is 0 Å². The van der Waals surface area contributed by atoms with Gasteiger partial charge in [-0.15, -0.1) is 0 Å². The van der Waals surface area contributed by atoms with E-state index in [4.69, 9.17) is 12.2 Å². The molecule has 0 aromatic heterocycles. The SMILES string of the molecule is CCCc1ccc(Br)cc1C=C1SC(=S)NC1=O. The van der Waals surface area contributed by atoms with Crippen molar-refractivity contribution in [2.45, 2.75) is 19.8 Å². The molecule has 0 atom stereocenters. The summed E-state index contributed by atoms with van der Waals surface area (Å²) in [5.41, 5.74) is 2.33. The normalized spacial score (nSPS) is 17.3. The van der Waals surface area contributed by atoms with Crippen LogP contribution in [-0.4, -0.2) is 10.2 Å². The lowest BCUT2D eigenvalue weighted by Crippen LogP contribution is -2.17. The fourth-order valence-corrected chi connectivity index (χ4v) is 3.17. The lowest BCUT2D eigenvalue weighted by molar-refractivity contribution is -0.115. The molecule has 1 N–H and O–H groups in total. The van der Waals surface area contributed by atoms with E-state index in [1.807, 2.05) is 18.2 Å². The Bertz CT molecular complexity index is 540. The third-order valence-electron chi connectivity index (χ3n) is 2.56. The topological polar surface area (TPSA) is 29.1 Å². The summed E-state index contributed by atoms with van der Waals surface area (Å²) in [5, 5.41) is 2.63. The zero-order valence-electron chi connectivity index (χ0n) is 9.83. The number of hydrogen-bond acceptors (Lipinski definition) is 3. The minimum atomic E-state index is -0.104. The van der Waals surface area contributed by atoms with Crippen LogP contribution in [0, 0.1) is 0 Å². The molecule has 2 nitrogen and oxygen atoms in total. The molecule has 18 heavy (non-hydrogen) atoms. The number of amides is 1. The molecule has 1 aromatic rings. The van der Waals surface area contributed by atoms with Crippen molar-refractivity contribution in [3.63, 3.8) is 0 Å². The molecule has 94 valence electrons. The highest BCUT2D eigenvalue weighted by Gasteiger charge is 2.22. The Balaban J connectivity index is 2.38. The monoisotopic (exact) mass is 341 g/mol. The van der Waals surface area contributed by atoms with Gasteiger partial charge in [0.25, 0.3) is 5.91 Å². The van der Waals surface area contributed by atoms with Crippen LogP contribution in [0.2, 0.25) is 0 Å². The van der Waals surface area contributed by atoms with Gasteiger partial charge in [0, 0.05) is 4.47 Å². The van der Waals surface area contributed by atoms with Crippen LogP contribution in [0.4, 0.5) is 0 Å². The second-order valence-corrected chi connectivity index (χ2v) is 6.58. The van der Waals surface area contributed by atoms with E-state index in [-0.39, 0.29) is 5.91 Å². The van der Waals surface area contributed by atoms with E-state index >= 15 is 0 Å². The van der Waals surface area contributed by atoms with Gasteiger partial charge in [0.2, 0.25) is 0 Å². The number of benzene rings is 1. The third-order valence-corrected chi connectivity index (χ3v) is 4.21. The molecule has 0 unspecified atom stereocenters. The maximum absolute atomic E-state index is 11.6. The van der Waals surface area contributed by atoms with Gasteiger partial charge in [-0.3, -0.25) is 4.79 Å². The number of hydrogen-bond donors (Lipinski definition) is 1. The van der Waals surface area contributed by atoms with Crippen LogP contribution < -0.4 is 5.32 Å². The highest BCUT2D eigenvalue weighted by molar-refractivity contribution is 9.10. The van der Waals surface area contributed by atoms with Crippen molar-refractivity contribution in [2.75, 3.05) is 0 Å². The molecule has 2 rings (SSSR count). The van der Waals surface area contributed by atoms with Gasteiger partial charge in [0.1, 0.15) is 4.32 Å². The number of carbonyl (C=O) groups is 1. The number of halogens is 1. The highest BCUT2D eigenvalue weighted by atomic mass is 79.9. The van der Waals surface area contributed by atoms with Crippen LogP contribution in [0.25, 0.3) is 6.08 Å². The van der Waals surface area contributed by atoms with Crippen molar-refractivity contribution >= 4 is 56.2 Å². The van der Waals surface area contributed by atoms with Gasteiger partial charge in [-0.05, 0) is 35.8 Å². The van der Waals surface area contributed by atoms with Crippen molar-refractivity contribution in [1.29, 1.82) is 0 Å². The van der Waals surface area contributed by atoms with Crippen molar-refractivity contribution in [2.24, 2.45) is 0 Å². The molecule has 0 aliphatic carbocycles. The van der Waals surface area contributed by atoms with E-state index in [2.05, 4.69) is 34.2 Å². The summed E-state index contributed by atoms with van der Waals surface area (Å²) in [6.07, 6.45) is 3.99. The number of carbonyl (C=O) groups excluding carboxylic acids is 1. The second-order valence-electron chi connectivity index (χ2n) is 3.95. The first-order valence-corrected chi connectivity index (χ1v) is 7.65. The summed E-state index contributed by atoms with van der Waals surface area (Å²) >= 11 is 9.76. The average Bonchev–Trinajstić information content (AvgIpc) is 2.61. The molecule has 0 saturated carbocycles. The number of nitrogens with one attached hydrogen (secondary N) is 1. The first kappa shape index (κ1) is 13.8. The summed E-state index contributed by atoms with van der Waals surface area (Å²) in [6, 6.07) is 6.16. The van der Waals surface area contributed by atoms with Crippen LogP contribution in [-0.2, 0) is 11.2 Å². The van der Waals surface area contributed by atoms with Crippen LogP contribution in [0.3, 0.4) is 0 Å². The minimum absolute atomic E-state index is 0.104. The largest absolute Gasteiger partial charge is 0.307 e. The molecule has 1 heterocycles. The van der Waals surface area contributed by atoms with Crippen molar-refractivity contribution < 1.29 is 4.79 Å². The number of thioether (sulfide) groups is 1. The molecule has 1 aliphatic rings. The maximum atomic E-state index is 11.6. The molecular weight excluding hydrogens is 330 g/mol. The number of aryl methyl sites for hydroxylation is 1. The van der Waals surface area contributed by atoms with Crippen LogP contribution >= 0.6 is 39.9 Å². The molecule has 0 radical (unpaired) electrons. The smallest absolute Gasteiger partial charge is 0.263 e. The molecule has 0 bridgehead atoms. The predicted octanol–water partition coefficient (Wildman–Crippen LogP) is 3.89. The van der Waals surface area contributed by atoms with Crippen molar-refractivity contribution in [3.05, 3.63) is 38.7 Å². The molecule has 1 fully saturated rings. The zero-order valence-corrected chi connectivity index (χ0v) is 13.0. The van der Waals surface area contributed by atoms with E-state index < -0.39 is 0 Å². The summed E-state index contributed by atoms with van der Waals surface area (Å²) in [4.78, 5) is 12.3. The first-order chi connectivity index (χ1) is 8.60. The number of rotatable bonds is 3.